The van der Waals surface area contributed by atoms with Crippen LogP contribution in [0.4, 0.5) is 10.1 Å². The first-order chi connectivity index (χ1) is 10.0. The predicted octanol–water partition coefficient (Wildman–Crippen LogP) is 2.99. The van der Waals surface area contributed by atoms with Gasteiger partial charge in [0.25, 0.3) is 0 Å². The number of halogens is 1. The van der Waals surface area contributed by atoms with Gasteiger partial charge in [-0.2, -0.15) is 0 Å². The van der Waals surface area contributed by atoms with E-state index in [1.165, 1.54) is 37.4 Å². The van der Waals surface area contributed by atoms with Crippen molar-refractivity contribution in [1.29, 1.82) is 0 Å². The first-order valence-electron chi connectivity index (χ1n) is 6.04. The first-order valence-corrected chi connectivity index (χ1v) is 6.04. The van der Waals surface area contributed by atoms with Crippen molar-refractivity contribution in [1.82, 2.24) is 0 Å². The van der Waals surface area contributed by atoms with Crippen LogP contribution >= 0.6 is 0 Å². The summed E-state index contributed by atoms with van der Waals surface area (Å²) in [6.45, 7) is 0.194. The van der Waals surface area contributed by atoms with Gasteiger partial charge in [0.05, 0.1) is 18.1 Å². The van der Waals surface area contributed by atoms with E-state index >= 15 is 0 Å². The number of nitro groups is 1. The summed E-state index contributed by atoms with van der Waals surface area (Å²) >= 11 is 0. The van der Waals surface area contributed by atoms with Crippen molar-refractivity contribution < 1.29 is 18.8 Å². The normalized spacial score (nSPS) is 10.2. The predicted molar refractivity (Wildman–Crippen MR) is 74.0 cm³/mol. The fourth-order valence-electron chi connectivity index (χ4n) is 1.73. The molecule has 2 aromatic rings. The summed E-state index contributed by atoms with van der Waals surface area (Å²) in [5, 5.41) is 11.0. The fraction of sp³-hybridized carbons (Fsp3) is 0.143. The first kappa shape index (κ1) is 14.7. The molecule has 110 valence electrons. The quantitative estimate of drug-likeness (QED) is 0.676. The van der Waals surface area contributed by atoms with Crippen LogP contribution in [0.5, 0.6) is 17.2 Å². The molecule has 0 bridgehead atoms. The van der Waals surface area contributed by atoms with E-state index in [4.69, 9.17) is 15.2 Å². The van der Waals surface area contributed by atoms with Crippen molar-refractivity contribution >= 4 is 5.69 Å². The van der Waals surface area contributed by atoms with Gasteiger partial charge >= 0.3 is 5.69 Å². The second-order valence-corrected chi connectivity index (χ2v) is 4.16. The van der Waals surface area contributed by atoms with Crippen LogP contribution in [0.25, 0.3) is 0 Å². The summed E-state index contributed by atoms with van der Waals surface area (Å²) in [4.78, 5) is 10.4. The van der Waals surface area contributed by atoms with Crippen molar-refractivity contribution in [2.45, 2.75) is 6.54 Å². The van der Waals surface area contributed by atoms with Crippen LogP contribution in [0.15, 0.2) is 36.4 Å². The zero-order valence-corrected chi connectivity index (χ0v) is 11.2. The molecule has 2 N–H and O–H groups in total. The van der Waals surface area contributed by atoms with E-state index in [0.29, 0.717) is 11.3 Å². The SMILES string of the molecule is COc1ccc(Oc2ccc(CN)cc2F)c([N+](=O)[O-])c1. The van der Waals surface area contributed by atoms with Gasteiger partial charge in [-0.3, -0.25) is 10.1 Å². The molecule has 7 heteroatoms. The second-order valence-electron chi connectivity index (χ2n) is 4.16. The largest absolute Gasteiger partial charge is 0.496 e. The van der Waals surface area contributed by atoms with Crippen molar-refractivity contribution in [3.8, 4) is 17.2 Å². The zero-order valence-electron chi connectivity index (χ0n) is 11.2. The lowest BCUT2D eigenvalue weighted by molar-refractivity contribution is -0.385. The Hall–Kier alpha value is -2.67. The number of nitro benzene ring substituents is 1. The van der Waals surface area contributed by atoms with E-state index in [2.05, 4.69) is 0 Å². The van der Waals surface area contributed by atoms with Crippen LogP contribution in [-0.2, 0) is 6.54 Å². The minimum absolute atomic E-state index is 0.0693. The van der Waals surface area contributed by atoms with Crippen molar-refractivity contribution in [3.05, 3.63) is 57.9 Å². The molecule has 0 atom stereocenters. The molecule has 0 unspecified atom stereocenters. The molecule has 0 heterocycles. The van der Waals surface area contributed by atoms with E-state index in [1.807, 2.05) is 0 Å². The maximum atomic E-state index is 13.8. The number of benzene rings is 2. The summed E-state index contributed by atoms with van der Waals surface area (Å²) in [6, 6.07) is 8.26. The molecule has 2 aromatic carbocycles. The highest BCUT2D eigenvalue weighted by atomic mass is 19.1. The summed E-state index contributed by atoms with van der Waals surface area (Å²) in [5.74, 6) is -0.503. The number of methoxy groups -OCH3 is 1. The van der Waals surface area contributed by atoms with Gasteiger partial charge in [0, 0.05) is 6.54 Å². The Kier molecular flexibility index (Phi) is 4.34. The minimum Gasteiger partial charge on any atom is -0.496 e. The highest BCUT2D eigenvalue weighted by molar-refractivity contribution is 5.52. The lowest BCUT2D eigenvalue weighted by atomic mass is 10.2. The number of hydrogen-bond donors (Lipinski definition) is 1. The maximum absolute atomic E-state index is 13.8. The number of ether oxygens (including phenoxy) is 2. The summed E-state index contributed by atoms with van der Waals surface area (Å²) in [5.41, 5.74) is 5.70. The highest BCUT2D eigenvalue weighted by Gasteiger charge is 2.18. The van der Waals surface area contributed by atoms with Gasteiger partial charge in [-0.1, -0.05) is 6.07 Å². The van der Waals surface area contributed by atoms with E-state index in [1.54, 1.807) is 6.07 Å². The van der Waals surface area contributed by atoms with Crippen LogP contribution in [-0.4, -0.2) is 12.0 Å². The van der Waals surface area contributed by atoms with Crippen LogP contribution in [0.1, 0.15) is 5.56 Å². The van der Waals surface area contributed by atoms with Crippen molar-refractivity contribution in [3.63, 3.8) is 0 Å². The monoisotopic (exact) mass is 292 g/mol. The van der Waals surface area contributed by atoms with Crippen LogP contribution in [0, 0.1) is 15.9 Å². The average molecular weight is 292 g/mol. The molecule has 2 rings (SSSR count). The van der Waals surface area contributed by atoms with Gasteiger partial charge in [-0.05, 0) is 29.8 Å². The molecule has 0 aliphatic carbocycles. The third-order valence-electron chi connectivity index (χ3n) is 2.81. The summed E-state index contributed by atoms with van der Waals surface area (Å²) < 4.78 is 24.0. The number of rotatable bonds is 5. The molecule has 0 aliphatic rings. The Morgan fingerprint density at radius 3 is 2.52 bits per heavy atom. The standard InChI is InChI=1S/C14H13FN2O4/c1-20-10-3-5-14(12(7-10)17(18)19)21-13-4-2-9(8-16)6-11(13)15/h2-7H,8,16H2,1H3. The molecular formula is C14H13FN2O4. The minimum atomic E-state index is -0.636. The van der Waals surface area contributed by atoms with E-state index in [9.17, 15) is 14.5 Å². The molecule has 0 saturated heterocycles. The summed E-state index contributed by atoms with van der Waals surface area (Å²) in [7, 11) is 1.39. The highest BCUT2D eigenvalue weighted by Crippen LogP contribution is 2.35. The van der Waals surface area contributed by atoms with E-state index in [-0.39, 0.29) is 23.7 Å². The molecule has 0 radical (unpaired) electrons. The molecule has 0 saturated carbocycles. The Labute approximate surface area is 120 Å². The molecule has 21 heavy (non-hydrogen) atoms. The Morgan fingerprint density at radius 1 is 1.24 bits per heavy atom. The molecular weight excluding hydrogens is 279 g/mol. The van der Waals surface area contributed by atoms with Gasteiger partial charge in [0.1, 0.15) is 5.75 Å². The molecule has 0 fully saturated rings. The molecule has 0 aromatic heterocycles. The van der Waals surface area contributed by atoms with Gasteiger partial charge in [-0.25, -0.2) is 4.39 Å². The van der Waals surface area contributed by atoms with Gasteiger partial charge in [0.15, 0.2) is 11.6 Å². The lowest BCUT2D eigenvalue weighted by Gasteiger charge is -2.09. The van der Waals surface area contributed by atoms with E-state index < -0.39 is 10.7 Å². The maximum Gasteiger partial charge on any atom is 0.315 e. The molecule has 0 spiro atoms. The lowest BCUT2D eigenvalue weighted by Crippen LogP contribution is -1.99. The van der Waals surface area contributed by atoms with Gasteiger partial charge in [0.2, 0.25) is 5.75 Å². The van der Waals surface area contributed by atoms with Crippen LogP contribution < -0.4 is 15.2 Å². The Morgan fingerprint density at radius 2 is 1.95 bits per heavy atom. The topological polar surface area (TPSA) is 87.6 Å². The van der Waals surface area contributed by atoms with Crippen LogP contribution in [0.2, 0.25) is 0 Å². The number of nitrogens with zero attached hydrogens (tertiary/aromatic N) is 1. The third-order valence-corrected chi connectivity index (χ3v) is 2.81. The van der Waals surface area contributed by atoms with E-state index in [0.717, 1.165) is 0 Å². The molecule has 0 aliphatic heterocycles. The van der Waals surface area contributed by atoms with Crippen molar-refractivity contribution in [2.75, 3.05) is 7.11 Å². The molecule has 6 nitrogen and oxygen atoms in total. The van der Waals surface area contributed by atoms with Gasteiger partial charge < -0.3 is 15.2 Å². The second kappa shape index (κ2) is 6.19. The van der Waals surface area contributed by atoms with Crippen LogP contribution in [0.3, 0.4) is 0 Å². The van der Waals surface area contributed by atoms with Gasteiger partial charge in [-0.15, -0.1) is 0 Å². The third kappa shape index (κ3) is 3.26. The zero-order chi connectivity index (χ0) is 15.4. The Balaban J connectivity index is 2.37. The molecule has 0 amide bonds. The average Bonchev–Trinajstić information content (AvgIpc) is 2.49. The summed E-state index contributed by atoms with van der Waals surface area (Å²) in [6.07, 6.45) is 0. The van der Waals surface area contributed by atoms with Crippen molar-refractivity contribution in [2.24, 2.45) is 5.73 Å². The number of hydrogen-bond acceptors (Lipinski definition) is 5. The smallest absolute Gasteiger partial charge is 0.315 e. The Bertz CT molecular complexity index is 676. The number of nitrogens with two attached hydrogens (primary N) is 1. The fourth-order valence-corrected chi connectivity index (χ4v) is 1.73.